The molecule has 0 radical (unpaired) electrons. The predicted octanol–water partition coefficient (Wildman–Crippen LogP) is 2.17. The molecule has 1 saturated heterocycles. The first-order valence-electron chi connectivity index (χ1n) is 5.66. The average molecular weight is 237 g/mol. The van der Waals surface area contributed by atoms with E-state index in [0.29, 0.717) is 0 Å². The molecule has 1 fully saturated rings. The molecule has 0 saturated carbocycles. The van der Waals surface area contributed by atoms with Gasteiger partial charge in [0.25, 0.3) is 0 Å². The van der Waals surface area contributed by atoms with Crippen molar-refractivity contribution in [1.82, 2.24) is 5.32 Å². The maximum atomic E-state index is 11.8. The van der Waals surface area contributed by atoms with E-state index < -0.39 is 10.8 Å². The highest BCUT2D eigenvalue weighted by Gasteiger charge is 2.32. The van der Waals surface area contributed by atoms with Gasteiger partial charge in [0.1, 0.15) is 0 Å². The molecule has 1 aliphatic rings. The van der Waals surface area contributed by atoms with Gasteiger partial charge < -0.3 is 5.32 Å². The first-order chi connectivity index (χ1) is 7.48. The Kier molecular flexibility index (Phi) is 3.17. The highest BCUT2D eigenvalue weighted by Crippen LogP contribution is 2.25. The van der Waals surface area contributed by atoms with Gasteiger partial charge in [0, 0.05) is 33.9 Å². The maximum absolute atomic E-state index is 11.8. The lowest BCUT2D eigenvalue weighted by molar-refractivity contribution is 0.368. The van der Waals surface area contributed by atoms with Crippen molar-refractivity contribution in [1.29, 1.82) is 0 Å². The molecule has 1 N–H and O–H groups in total. The maximum Gasteiger partial charge on any atom is 0.0443 e. The first kappa shape index (κ1) is 11.8. The van der Waals surface area contributed by atoms with Crippen molar-refractivity contribution in [2.45, 2.75) is 32.4 Å². The van der Waals surface area contributed by atoms with Crippen LogP contribution in [0.3, 0.4) is 0 Å². The van der Waals surface area contributed by atoms with Crippen molar-refractivity contribution in [2.24, 2.45) is 0 Å². The van der Waals surface area contributed by atoms with E-state index in [0.717, 1.165) is 11.5 Å². The first-order valence-corrected chi connectivity index (χ1v) is 7.15. The molecule has 2 atom stereocenters. The second-order valence-electron chi connectivity index (χ2n) is 5.19. The van der Waals surface area contributed by atoms with Gasteiger partial charge in [-0.15, -0.1) is 0 Å². The summed E-state index contributed by atoms with van der Waals surface area (Å²) in [4.78, 5) is 0. The monoisotopic (exact) mass is 237 g/mol. The molecule has 1 aromatic rings. The molecule has 16 heavy (non-hydrogen) atoms. The van der Waals surface area contributed by atoms with Gasteiger partial charge in [-0.05, 0) is 31.9 Å². The summed E-state index contributed by atoms with van der Waals surface area (Å²) in [5, 5.41) is 3.59. The summed E-state index contributed by atoms with van der Waals surface area (Å²) in [7, 11) is -0.711. The Hall–Kier alpha value is -0.670. The average Bonchev–Trinajstić information content (AvgIpc) is 2.15. The molecule has 0 bridgehead atoms. The number of hydrogen-bond acceptors (Lipinski definition) is 2. The summed E-state index contributed by atoms with van der Waals surface area (Å²) in [6.07, 6.45) is 0. The fraction of sp³-hybridized carbons (Fsp3) is 0.538. The quantitative estimate of drug-likeness (QED) is 0.811. The summed E-state index contributed by atoms with van der Waals surface area (Å²) in [6.45, 7) is 6.35. The van der Waals surface area contributed by atoms with E-state index in [2.05, 4.69) is 44.3 Å². The van der Waals surface area contributed by atoms with E-state index in [1.54, 1.807) is 0 Å². The van der Waals surface area contributed by atoms with Gasteiger partial charge in [-0.2, -0.15) is 0 Å². The highest BCUT2D eigenvalue weighted by atomic mass is 32.2. The molecule has 0 spiro atoms. The van der Waals surface area contributed by atoms with Crippen molar-refractivity contribution >= 4 is 10.8 Å². The van der Waals surface area contributed by atoms with E-state index in [4.69, 9.17) is 0 Å². The Balaban J connectivity index is 2.28. The van der Waals surface area contributed by atoms with E-state index in [-0.39, 0.29) is 11.6 Å². The number of rotatable bonds is 1. The summed E-state index contributed by atoms with van der Waals surface area (Å²) >= 11 is 0. The smallest absolute Gasteiger partial charge is 0.0443 e. The minimum absolute atomic E-state index is 0.0317. The van der Waals surface area contributed by atoms with Gasteiger partial charge in [-0.3, -0.25) is 4.21 Å². The van der Waals surface area contributed by atoms with Crippen LogP contribution < -0.4 is 5.32 Å². The molecule has 2 unspecified atom stereocenters. The lowest BCUT2D eigenvalue weighted by atomic mass is 9.99. The van der Waals surface area contributed by atoms with Gasteiger partial charge in [0.2, 0.25) is 0 Å². The van der Waals surface area contributed by atoms with Crippen LogP contribution in [-0.4, -0.2) is 21.3 Å². The Bertz CT molecular complexity index is 414. The molecular formula is C13H19NOS. The molecule has 1 aromatic carbocycles. The van der Waals surface area contributed by atoms with Crippen molar-refractivity contribution in [2.75, 3.05) is 11.5 Å². The van der Waals surface area contributed by atoms with E-state index >= 15 is 0 Å². The van der Waals surface area contributed by atoms with Crippen LogP contribution in [0.4, 0.5) is 0 Å². The minimum Gasteiger partial charge on any atom is -0.303 e. The third-order valence-electron chi connectivity index (χ3n) is 3.00. The van der Waals surface area contributed by atoms with Crippen molar-refractivity contribution < 1.29 is 4.21 Å². The molecule has 88 valence electrons. The van der Waals surface area contributed by atoms with E-state index in [1.165, 1.54) is 11.1 Å². The summed E-state index contributed by atoms with van der Waals surface area (Å²) in [5.41, 5.74) is 2.52. The molecule has 2 rings (SSSR count). The Morgan fingerprint density at radius 1 is 1.38 bits per heavy atom. The third-order valence-corrected chi connectivity index (χ3v) is 4.75. The zero-order valence-electron chi connectivity index (χ0n) is 10.1. The number of nitrogens with one attached hydrogen (secondary N) is 1. The van der Waals surface area contributed by atoms with Crippen LogP contribution in [0.25, 0.3) is 0 Å². The van der Waals surface area contributed by atoms with Crippen LogP contribution in [0.2, 0.25) is 0 Å². The van der Waals surface area contributed by atoms with Crippen molar-refractivity contribution in [3.63, 3.8) is 0 Å². The fourth-order valence-electron chi connectivity index (χ4n) is 2.35. The summed E-state index contributed by atoms with van der Waals surface area (Å²) < 4.78 is 11.8. The van der Waals surface area contributed by atoms with Gasteiger partial charge in [-0.1, -0.05) is 24.3 Å². The molecular weight excluding hydrogens is 218 g/mol. The van der Waals surface area contributed by atoms with Crippen LogP contribution in [0.5, 0.6) is 0 Å². The minimum atomic E-state index is -0.711. The molecule has 0 aliphatic carbocycles. The Labute approximate surface area is 99.9 Å². The molecule has 2 nitrogen and oxygen atoms in total. The Morgan fingerprint density at radius 3 is 2.69 bits per heavy atom. The normalized spacial score (nSPS) is 28.9. The lowest BCUT2D eigenvalue weighted by Gasteiger charge is -2.37. The predicted molar refractivity (Wildman–Crippen MR) is 69.0 cm³/mol. The largest absolute Gasteiger partial charge is 0.303 e. The van der Waals surface area contributed by atoms with Crippen LogP contribution in [0.15, 0.2) is 24.3 Å². The van der Waals surface area contributed by atoms with Crippen LogP contribution >= 0.6 is 0 Å². The van der Waals surface area contributed by atoms with Crippen LogP contribution in [-0.2, 0) is 10.8 Å². The van der Waals surface area contributed by atoms with E-state index in [9.17, 15) is 4.21 Å². The number of hydrogen-bond donors (Lipinski definition) is 1. The van der Waals surface area contributed by atoms with Crippen molar-refractivity contribution in [3.05, 3.63) is 35.4 Å². The molecule has 0 aromatic heterocycles. The van der Waals surface area contributed by atoms with Crippen LogP contribution in [0, 0.1) is 6.92 Å². The standard InChI is InChI=1S/C13H19NOS/c1-10-6-4-5-7-11(10)12-8-16(15)9-13(2,3)14-12/h4-7,12,14H,8-9H2,1-3H3. The third kappa shape index (κ3) is 2.53. The highest BCUT2D eigenvalue weighted by molar-refractivity contribution is 7.85. The fourth-order valence-corrected chi connectivity index (χ4v) is 3.99. The number of benzene rings is 1. The second-order valence-corrected chi connectivity index (χ2v) is 6.69. The van der Waals surface area contributed by atoms with Gasteiger partial charge >= 0.3 is 0 Å². The second kappa shape index (κ2) is 4.30. The van der Waals surface area contributed by atoms with Gasteiger partial charge in [-0.25, -0.2) is 0 Å². The summed E-state index contributed by atoms with van der Waals surface area (Å²) in [6, 6.07) is 8.57. The molecule has 1 heterocycles. The lowest BCUT2D eigenvalue weighted by Crippen LogP contribution is -2.52. The van der Waals surface area contributed by atoms with E-state index in [1.807, 2.05) is 6.07 Å². The molecule has 0 amide bonds. The Morgan fingerprint density at radius 2 is 2.06 bits per heavy atom. The number of aryl methyl sites for hydroxylation is 1. The topological polar surface area (TPSA) is 29.1 Å². The van der Waals surface area contributed by atoms with Crippen molar-refractivity contribution in [3.8, 4) is 0 Å². The molecule has 3 heteroatoms. The zero-order chi connectivity index (χ0) is 11.8. The summed E-state index contributed by atoms with van der Waals surface area (Å²) in [5.74, 6) is 1.48. The van der Waals surface area contributed by atoms with Gasteiger partial charge in [0.15, 0.2) is 0 Å². The zero-order valence-corrected chi connectivity index (χ0v) is 10.9. The molecule has 1 aliphatic heterocycles. The SMILES string of the molecule is Cc1ccccc1C1CS(=O)CC(C)(C)N1. The van der Waals surface area contributed by atoms with Crippen LogP contribution in [0.1, 0.15) is 31.0 Å². The van der Waals surface area contributed by atoms with Gasteiger partial charge in [0.05, 0.1) is 0 Å².